The third-order valence-electron chi connectivity index (χ3n) is 4.71. The minimum Gasteiger partial charge on any atom is -0.374 e. The van der Waals surface area contributed by atoms with Crippen LogP contribution < -0.4 is 10.6 Å². The maximum atomic E-state index is 14.1. The van der Waals surface area contributed by atoms with Gasteiger partial charge in [0.25, 0.3) is 11.5 Å². The lowest BCUT2D eigenvalue weighted by atomic mass is 9.88. The van der Waals surface area contributed by atoms with Crippen molar-refractivity contribution < 1.29 is 27.6 Å². The highest BCUT2D eigenvalue weighted by Gasteiger charge is 2.62. The fraction of sp³-hybridized carbons (Fsp3) is 0.350. The summed E-state index contributed by atoms with van der Waals surface area (Å²) in [6.07, 6.45) is -5.43. The Morgan fingerprint density at radius 3 is 2.44 bits per heavy atom. The van der Waals surface area contributed by atoms with Crippen LogP contribution >= 0.6 is 34.5 Å². The number of halogens is 5. The largest absolute Gasteiger partial charge is 0.435 e. The number of hydrogen-bond acceptors (Lipinski definition) is 5. The Morgan fingerprint density at radius 2 is 1.84 bits per heavy atom. The van der Waals surface area contributed by atoms with Gasteiger partial charge in [0.1, 0.15) is 5.71 Å². The van der Waals surface area contributed by atoms with Crippen LogP contribution in [0.4, 0.5) is 13.2 Å². The SMILES string of the molecule is CCNC(=O)CNC(=O)c1sc(C2=NOC(c3cc(Cl)cc(Cl)c3)(C(F)(F)F)C2)cc1C. The number of benzene rings is 1. The van der Waals surface area contributed by atoms with Crippen molar-refractivity contribution in [1.82, 2.24) is 10.6 Å². The van der Waals surface area contributed by atoms with Crippen molar-refractivity contribution in [3.8, 4) is 0 Å². The average molecular weight is 508 g/mol. The molecule has 0 radical (unpaired) electrons. The van der Waals surface area contributed by atoms with Crippen LogP contribution in [0.1, 0.15) is 39.0 Å². The van der Waals surface area contributed by atoms with E-state index < -0.39 is 24.1 Å². The molecule has 0 saturated heterocycles. The third-order valence-corrected chi connectivity index (χ3v) is 6.43. The molecule has 1 aromatic carbocycles. The fourth-order valence-electron chi connectivity index (χ4n) is 3.17. The molecule has 2 amide bonds. The Kier molecular flexibility index (Phi) is 7.06. The van der Waals surface area contributed by atoms with Crippen LogP contribution in [0.25, 0.3) is 0 Å². The predicted molar refractivity (Wildman–Crippen MR) is 117 cm³/mol. The van der Waals surface area contributed by atoms with Crippen molar-refractivity contribution in [3.63, 3.8) is 0 Å². The Labute approximate surface area is 195 Å². The quantitative estimate of drug-likeness (QED) is 0.588. The van der Waals surface area contributed by atoms with Gasteiger partial charge in [0.2, 0.25) is 5.91 Å². The van der Waals surface area contributed by atoms with Gasteiger partial charge in [0, 0.05) is 22.2 Å². The van der Waals surface area contributed by atoms with Crippen molar-refractivity contribution >= 4 is 52.1 Å². The first-order valence-corrected chi connectivity index (χ1v) is 11.0. The number of thiophene rings is 1. The van der Waals surface area contributed by atoms with Crippen LogP contribution in [0.5, 0.6) is 0 Å². The summed E-state index contributed by atoms with van der Waals surface area (Å²) in [5.74, 6) is -0.854. The molecule has 0 aliphatic carbocycles. The van der Waals surface area contributed by atoms with Crippen LogP contribution in [0.2, 0.25) is 10.0 Å². The average Bonchev–Trinajstić information content (AvgIpc) is 3.30. The first-order chi connectivity index (χ1) is 15.0. The molecule has 0 spiro atoms. The number of carbonyl (C=O) groups excluding carboxylic acids is 2. The maximum Gasteiger partial charge on any atom is 0.435 e. The van der Waals surface area contributed by atoms with E-state index in [0.717, 1.165) is 23.5 Å². The molecule has 12 heteroatoms. The van der Waals surface area contributed by atoms with Gasteiger partial charge < -0.3 is 15.5 Å². The number of hydrogen-bond donors (Lipinski definition) is 2. The predicted octanol–water partition coefficient (Wildman–Crippen LogP) is 4.81. The highest BCUT2D eigenvalue weighted by atomic mass is 35.5. The number of alkyl halides is 3. The van der Waals surface area contributed by atoms with Crippen LogP contribution in [-0.4, -0.2) is 36.8 Å². The van der Waals surface area contributed by atoms with Crippen molar-refractivity contribution in [3.05, 3.63) is 55.2 Å². The zero-order valence-corrected chi connectivity index (χ0v) is 19.2. The van der Waals surface area contributed by atoms with Gasteiger partial charge in [-0.2, -0.15) is 13.2 Å². The van der Waals surface area contributed by atoms with Crippen molar-refractivity contribution in [1.29, 1.82) is 0 Å². The van der Waals surface area contributed by atoms with Gasteiger partial charge in [0.15, 0.2) is 0 Å². The van der Waals surface area contributed by atoms with E-state index in [1.807, 2.05) is 0 Å². The summed E-state index contributed by atoms with van der Waals surface area (Å²) in [7, 11) is 0. The number of nitrogens with zero attached hydrogens (tertiary/aromatic N) is 1. The minimum absolute atomic E-state index is 0.0335. The maximum absolute atomic E-state index is 14.1. The van der Waals surface area contributed by atoms with Gasteiger partial charge in [-0.1, -0.05) is 28.4 Å². The molecule has 1 atom stereocenters. The molecule has 1 unspecified atom stereocenters. The summed E-state index contributed by atoms with van der Waals surface area (Å²) in [4.78, 5) is 29.6. The topological polar surface area (TPSA) is 79.8 Å². The number of nitrogens with one attached hydrogen (secondary N) is 2. The van der Waals surface area contributed by atoms with Crippen LogP contribution in [0, 0.1) is 6.92 Å². The van der Waals surface area contributed by atoms with E-state index in [-0.39, 0.29) is 38.6 Å². The molecule has 3 rings (SSSR count). The Balaban J connectivity index is 1.85. The van der Waals surface area contributed by atoms with E-state index in [4.69, 9.17) is 28.0 Å². The summed E-state index contributed by atoms with van der Waals surface area (Å²) in [6, 6.07) is 5.16. The highest BCUT2D eigenvalue weighted by molar-refractivity contribution is 7.16. The number of likely N-dealkylation sites (N-methyl/N-ethyl adjacent to an activating group) is 1. The molecular formula is C20H18Cl2F3N3O3S. The van der Waals surface area contributed by atoms with Crippen molar-refractivity contribution in [2.24, 2.45) is 5.16 Å². The molecule has 1 aliphatic rings. The fourth-order valence-corrected chi connectivity index (χ4v) is 4.77. The number of rotatable bonds is 6. The molecule has 6 nitrogen and oxygen atoms in total. The van der Waals surface area contributed by atoms with Crippen LogP contribution in [0.15, 0.2) is 29.4 Å². The number of oxime groups is 1. The molecule has 32 heavy (non-hydrogen) atoms. The molecule has 0 fully saturated rings. The van der Waals surface area contributed by atoms with E-state index in [1.165, 1.54) is 6.07 Å². The van der Waals surface area contributed by atoms with Gasteiger partial charge in [0.05, 0.1) is 22.7 Å². The molecule has 2 aromatic rings. The van der Waals surface area contributed by atoms with E-state index >= 15 is 0 Å². The second-order valence-corrected chi connectivity index (χ2v) is 8.97. The second-order valence-electron chi connectivity index (χ2n) is 7.05. The molecule has 172 valence electrons. The molecule has 0 bridgehead atoms. The Hall–Kier alpha value is -2.30. The van der Waals surface area contributed by atoms with Gasteiger partial charge in [-0.05, 0) is 43.7 Å². The van der Waals surface area contributed by atoms with E-state index in [0.29, 0.717) is 17.0 Å². The van der Waals surface area contributed by atoms with E-state index in [9.17, 15) is 22.8 Å². The molecule has 0 saturated carbocycles. The van der Waals surface area contributed by atoms with Gasteiger partial charge in [-0.25, -0.2) is 0 Å². The summed E-state index contributed by atoms with van der Waals surface area (Å²) in [5.41, 5.74) is -2.45. The summed E-state index contributed by atoms with van der Waals surface area (Å²) in [6.45, 7) is 3.61. The van der Waals surface area contributed by atoms with E-state index in [2.05, 4.69) is 15.8 Å². The number of aryl methyl sites for hydroxylation is 1. The zero-order chi connectivity index (χ0) is 23.7. The lowest BCUT2D eigenvalue weighted by Gasteiger charge is -2.29. The van der Waals surface area contributed by atoms with Gasteiger partial charge in [-0.15, -0.1) is 11.3 Å². The summed E-state index contributed by atoms with van der Waals surface area (Å²) in [5, 5.41) is 8.80. The normalized spacial score (nSPS) is 18.2. The monoisotopic (exact) mass is 507 g/mol. The lowest BCUT2D eigenvalue weighted by Crippen LogP contribution is -2.42. The number of amides is 2. The number of carbonyl (C=O) groups is 2. The van der Waals surface area contributed by atoms with Crippen molar-refractivity contribution in [2.45, 2.75) is 32.0 Å². The first-order valence-electron chi connectivity index (χ1n) is 9.41. The van der Waals surface area contributed by atoms with E-state index in [1.54, 1.807) is 19.9 Å². The summed E-state index contributed by atoms with van der Waals surface area (Å²) < 4.78 is 42.4. The molecular weight excluding hydrogens is 490 g/mol. The van der Waals surface area contributed by atoms with Gasteiger partial charge in [-0.3, -0.25) is 9.59 Å². The smallest absolute Gasteiger partial charge is 0.374 e. The van der Waals surface area contributed by atoms with Crippen molar-refractivity contribution in [2.75, 3.05) is 13.1 Å². The first kappa shape index (κ1) is 24.3. The van der Waals surface area contributed by atoms with Crippen LogP contribution in [-0.2, 0) is 15.2 Å². The minimum atomic E-state index is -4.81. The second kappa shape index (κ2) is 9.29. The molecule has 2 N–H and O–H groups in total. The lowest BCUT2D eigenvalue weighted by molar-refractivity contribution is -0.275. The summed E-state index contributed by atoms with van der Waals surface area (Å²) >= 11 is 12.8. The van der Waals surface area contributed by atoms with Crippen LogP contribution in [0.3, 0.4) is 0 Å². The Bertz CT molecular complexity index is 1070. The molecule has 1 aromatic heterocycles. The standard InChI is InChI=1S/C20H18Cl2F3N3O3S/c1-3-26-16(29)9-27-18(30)17-10(2)4-15(32-17)14-8-19(31-28-14,20(23,24)25)11-5-12(21)7-13(22)6-11/h4-7H,3,8-9H2,1-2H3,(H,26,29)(H,27,30). The Morgan fingerprint density at radius 1 is 1.19 bits per heavy atom. The third kappa shape index (κ3) is 4.87. The highest BCUT2D eigenvalue weighted by Crippen LogP contribution is 2.50. The van der Waals surface area contributed by atoms with Gasteiger partial charge >= 0.3 is 6.18 Å². The molecule has 1 aliphatic heterocycles. The zero-order valence-electron chi connectivity index (χ0n) is 16.9. The molecule has 2 heterocycles.